The number of hydrogen-bond acceptors (Lipinski definition) is 5. The summed E-state index contributed by atoms with van der Waals surface area (Å²) in [6.45, 7) is 5.91. The Morgan fingerprint density at radius 3 is 2.90 bits per heavy atom. The molecule has 0 aromatic carbocycles. The molecule has 1 amide bonds. The zero-order chi connectivity index (χ0) is 14.5. The quantitative estimate of drug-likeness (QED) is 0.760. The number of carbonyl (C=O) groups is 1. The largest absolute Gasteiger partial charge is 0.440 e. The minimum atomic E-state index is -0.223. The summed E-state index contributed by atoms with van der Waals surface area (Å²) < 4.78 is 7.18. The molecule has 20 heavy (non-hydrogen) atoms. The van der Waals surface area contributed by atoms with Gasteiger partial charge in [0.05, 0.1) is 11.8 Å². The Bertz CT molecular complexity index is 587. The van der Waals surface area contributed by atoms with E-state index in [0.717, 1.165) is 18.7 Å². The molecule has 2 rings (SSSR count). The number of rotatable bonds is 6. The Balaban J connectivity index is 2.05. The van der Waals surface area contributed by atoms with E-state index in [1.807, 2.05) is 14.0 Å². The highest BCUT2D eigenvalue weighted by molar-refractivity contribution is 5.93. The van der Waals surface area contributed by atoms with E-state index >= 15 is 0 Å². The molecule has 0 radical (unpaired) electrons. The van der Waals surface area contributed by atoms with Crippen molar-refractivity contribution < 1.29 is 9.21 Å². The zero-order valence-electron chi connectivity index (χ0n) is 11.9. The summed E-state index contributed by atoms with van der Waals surface area (Å²) in [5.74, 6) is 0.691. The van der Waals surface area contributed by atoms with Crippen LogP contribution in [-0.2, 0) is 7.05 Å². The molecular weight excluding hydrogens is 258 g/mol. The Morgan fingerprint density at radius 1 is 1.45 bits per heavy atom. The van der Waals surface area contributed by atoms with Crippen LogP contribution >= 0.6 is 0 Å². The number of amides is 1. The maximum Gasteiger partial charge on any atom is 0.273 e. The molecule has 0 aliphatic carbocycles. The first-order valence-electron chi connectivity index (χ1n) is 6.57. The summed E-state index contributed by atoms with van der Waals surface area (Å²) in [4.78, 5) is 16.2. The lowest BCUT2D eigenvalue weighted by molar-refractivity contribution is 0.0948. The normalized spacial score (nSPS) is 10.8. The number of likely N-dealkylation sites (N-methyl/N-ethyl adjacent to an activating group) is 1. The van der Waals surface area contributed by atoms with Crippen LogP contribution in [0.5, 0.6) is 0 Å². The fraction of sp³-hybridized carbons (Fsp3) is 0.462. The smallest absolute Gasteiger partial charge is 0.273 e. The van der Waals surface area contributed by atoms with Crippen molar-refractivity contribution in [3.05, 3.63) is 23.8 Å². The summed E-state index contributed by atoms with van der Waals surface area (Å²) in [6, 6.07) is 0. The van der Waals surface area contributed by atoms with E-state index < -0.39 is 0 Å². The molecule has 0 aliphatic heterocycles. The number of carbonyl (C=O) groups excluding carboxylic acids is 1. The van der Waals surface area contributed by atoms with Crippen LogP contribution in [0.25, 0.3) is 11.5 Å². The lowest BCUT2D eigenvalue weighted by Gasteiger charge is -2.03. The third-order valence-corrected chi connectivity index (χ3v) is 2.80. The maximum atomic E-state index is 12.0. The fourth-order valence-electron chi connectivity index (χ4n) is 1.79. The second kappa shape index (κ2) is 6.33. The molecule has 2 N–H and O–H groups in total. The average molecular weight is 277 g/mol. The monoisotopic (exact) mass is 277 g/mol. The Kier molecular flexibility index (Phi) is 4.52. The number of aromatic nitrogens is 3. The van der Waals surface area contributed by atoms with E-state index in [1.165, 1.54) is 0 Å². The first-order chi connectivity index (χ1) is 9.61. The van der Waals surface area contributed by atoms with E-state index in [9.17, 15) is 4.79 Å². The van der Waals surface area contributed by atoms with Crippen LogP contribution in [0.15, 0.2) is 16.8 Å². The first-order valence-corrected chi connectivity index (χ1v) is 6.57. The van der Waals surface area contributed by atoms with Crippen molar-refractivity contribution in [2.24, 2.45) is 7.05 Å². The van der Waals surface area contributed by atoms with Gasteiger partial charge in [-0.05, 0) is 13.5 Å². The van der Waals surface area contributed by atoms with E-state index in [2.05, 4.69) is 20.7 Å². The molecule has 2 aromatic rings. The Labute approximate surface area is 117 Å². The number of aryl methyl sites for hydroxylation is 2. The van der Waals surface area contributed by atoms with Gasteiger partial charge in [-0.1, -0.05) is 6.92 Å². The third-order valence-electron chi connectivity index (χ3n) is 2.80. The fourth-order valence-corrected chi connectivity index (χ4v) is 1.79. The predicted octanol–water partition coefficient (Wildman–Crippen LogP) is 0.723. The van der Waals surface area contributed by atoms with Crippen LogP contribution in [0.1, 0.15) is 23.2 Å². The molecule has 0 spiro atoms. The highest BCUT2D eigenvalue weighted by Gasteiger charge is 2.18. The van der Waals surface area contributed by atoms with Gasteiger partial charge in [-0.2, -0.15) is 5.10 Å². The SMILES string of the molecule is CCNCCNC(=O)c1nc(-c2cnn(C)c2)oc1C. The van der Waals surface area contributed by atoms with E-state index in [1.54, 1.807) is 24.0 Å². The zero-order valence-corrected chi connectivity index (χ0v) is 11.9. The number of oxazole rings is 1. The Hall–Kier alpha value is -2.15. The van der Waals surface area contributed by atoms with Gasteiger partial charge in [-0.3, -0.25) is 9.48 Å². The molecule has 0 saturated heterocycles. The highest BCUT2D eigenvalue weighted by Crippen LogP contribution is 2.20. The van der Waals surface area contributed by atoms with Gasteiger partial charge < -0.3 is 15.1 Å². The van der Waals surface area contributed by atoms with Crippen molar-refractivity contribution in [1.82, 2.24) is 25.4 Å². The molecule has 2 aromatic heterocycles. The van der Waals surface area contributed by atoms with Gasteiger partial charge in [0.25, 0.3) is 5.91 Å². The molecule has 108 valence electrons. The van der Waals surface area contributed by atoms with Gasteiger partial charge in [0, 0.05) is 26.3 Å². The van der Waals surface area contributed by atoms with Crippen LogP contribution in [0, 0.1) is 6.92 Å². The molecule has 7 heteroatoms. The Morgan fingerprint density at radius 2 is 2.25 bits per heavy atom. The molecule has 0 aliphatic rings. The van der Waals surface area contributed by atoms with Crippen LogP contribution in [-0.4, -0.2) is 40.3 Å². The minimum absolute atomic E-state index is 0.223. The van der Waals surface area contributed by atoms with E-state index in [0.29, 0.717) is 23.9 Å². The van der Waals surface area contributed by atoms with Crippen molar-refractivity contribution in [1.29, 1.82) is 0 Å². The van der Waals surface area contributed by atoms with Crippen molar-refractivity contribution in [2.75, 3.05) is 19.6 Å². The summed E-state index contributed by atoms with van der Waals surface area (Å²) in [7, 11) is 1.81. The lowest BCUT2D eigenvalue weighted by atomic mass is 10.3. The van der Waals surface area contributed by atoms with E-state index in [4.69, 9.17) is 4.42 Å². The van der Waals surface area contributed by atoms with Crippen LogP contribution < -0.4 is 10.6 Å². The van der Waals surface area contributed by atoms with Crippen molar-refractivity contribution >= 4 is 5.91 Å². The molecule has 0 saturated carbocycles. The molecule has 0 unspecified atom stereocenters. The lowest BCUT2D eigenvalue weighted by Crippen LogP contribution is -2.32. The van der Waals surface area contributed by atoms with Gasteiger partial charge >= 0.3 is 0 Å². The maximum absolute atomic E-state index is 12.0. The average Bonchev–Trinajstić information content (AvgIpc) is 3.00. The minimum Gasteiger partial charge on any atom is -0.440 e. The van der Waals surface area contributed by atoms with Crippen molar-refractivity contribution in [3.8, 4) is 11.5 Å². The standard InChI is InChI=1S/C13H19N5O2/c1-4-14-5-6-15-12(19)11-9(2)20-13(17-11)10-7-16-18(3)8-10/h7-8,14H,4-6H2,1-3H3,(H,15,19). The highest BCUT2D eigenvalue weighted by atomic mass is 16.4. The van der Waals surface area contributed by atoms with Crippen molar-refractivity contribution in [3.63, 3.8) is 0 Å². The topological polar surface area (TPSA) is 85.0 Å². The van der Waals surface area contributed by atoms with Gasteiger partial charge in [-0.25, -0.2) is 4.98 Å². The predicted molar refractivity (Wildman–Crippen MR) is 74.3 cm³/mol. The van der Waals surface area contributed by atoms with Gasteiger partial charge in [-0.15, -0.1) is 0 Å². The van der Waals surface area contributed by atoms with E-state index in [-0.39, 0.29) is 5.91 Å². The summed E-state index contributed by atoms with van der Waals surface area (Å²) >= 11 is 0. The summed E-state index contributed by atoms with van der Waals surface area (Å²) in [5, 5.41) is 9.99. The summed E-state index contributed by atoms with van der Waals surface area (Å²) in [5.41, 5.74) is 1.07. The van der Waals surface area contributed by atoms with Crippen molar-refractivity contribution in [2.45, 2.75) is 13.8 Å². The molecule has 7 nitrogen and oxygen atoms in total. The molecule has 2 heterocycles. The second-order valence-electron chi connectivity index (χ2n) is 4.44. The molecular formula is C13H19N5O2. The summed E-state index contributed by atoms with van der Waals surface area (Å²) in [6.07, 6.45) is 3.44. The third kappa shape index (κ3) is 3.24. The second-order valence-corrected chi connectivity index (χ2v) is 4.44. The van der Waals surface area contributed by atoms with Crippen LogP contribution in [0.3, 0.4) is 0 Å². The van der Waals surface area contributed by atoms with Crippen LogP contribution in [0.2, 0.25) is 0 Å². The number of hydrogen-bond donors (Lipinski definition) is 2. The first kappa shape index (κ1) is 14.3. The molecule has 0 bridgehead atoms. The number of nitrogens with one attached hydrogen (secondary N) is 2. The molecule has 0 atom stereocenters. The molecule has 0 fully saturated rings. The van der Waals surface area contributed by atoms with Crippen LogP contribution in [0.4, 0.5) is 0 Å². The van der Waals surface area contributed by atoms with Gasteiger partial charge in [0.2, 0.25) is 5.89 Å². The van der Waals surface area contributed by atoms with Gasteiger partial charge in [0.15, 0.2) is 5.69 Å². The van der Waals surface area contributed by atoms with Gasteiger partial charge in [0.1, 0.15) is 5.76 Å². The number of nitrogens with zero attached hydrogens (tertiary/aromatic N) is 3.